The number of rotatable bonds is 7. The Morgan fingerprint density at radius 2 is 1.84 bits per heavy atom. The number of likely N-dealkylation sites (tertiary alicyclic amines) is 1. The molecule has 164 valence electrons. The van der Waals surface area contributed by atoms with Crippen molar-refractivity contribution in [3.8, 4) is 6.07 Å². The number of nitriles is 1. The second-order valence-corrected chi connectivity index (χ2v) is 9.73. The molecule has 1 N–H and O–H groups in total. The fourth-order valence-electron chi connectivity index (χ4n) is 3.75. The summed E-state index contributed by atoms with van der Waals surface area (Å²) in [7, 11) is -3.84. The third kappa shape index (κ3) is 5.65. The van der Waals surface area contributed by atoms with Crippen LogP contribution in [0.2, 0.25) is 0 Å². The highest BCUT2D eigenvalue weighted by atomic mass is 32.2. The van der Waals surface area contributed by atoms with Gasteiger partial charge in [-0.25, -0.2) is 8.42 Å². The van der Waals surface area contributed by atoms with Crippen molar-refractivity contribution in [2.45, 2.75) is 50.8 Å². The number of sulfonamides is 1. The van der Waals surface area contributed by atoms with Crippen molar-refractivity contribution in [2.75, 3.05) is 17.8 Å². The van der Waals surface area contributed by atoms with Crippen LogP contribution in [0.3, 0.4) is 0 Å². The molecule has 31 heavy (non-hydrogen) atoms. The van der Waals surface area contributed by atoms with E-state index in [-0.39, 0.29) is 16.7 Å². The minimum Gasteiger partial charge on any atom is -0.339 e. The molecule has 1 amide bonds. The number of carbonyl (C=O) groups is 1. The number of aryl methyl sites for hydroxylation is 2. The summed E-state index contributed by atoms with van der Waals surface area (Å²) in [6.45, 7) is 4.87. The van der Waals surface area contributed by atoms with Gasteiger partial charge in [-0.3, -0.25) is 9.52 Å². The number of nitrogens with one attached hydrogen (secondary N) is 1. The largest absolute Gasteiger partial charge is 0.339 e. The molecule has 0 unspecified atom stereocenters. The number of amides is 1. The van der Waals surface area contributed by atoms with E-state index >= 15 is 0 Å². The number of unbranched alkanes of at least 4 members (excludes halogenated alkanes) is 1. The highest BCUT2D eigenvalue weighted by molar-refractivity contribution is 7.92. The molecule has 0 aromatic heterocycles. The summed E-state index contributed by atoms with van der Waals surface area (Å²) in [6.07, 6.45) is 4.47. The van der Waals surface area contributed by atoms with Crippen LogP contribution in [0.1, 0.15) is 54.1 Å². The van der Waals surface area contributed by atoms with Crippen LogP contribution in [0, 0.1) is 24.2 Å². The average molecular weight is 440 g/mol. The lowest BCUT2D eigenvalue weighted by Gasteiger charge is -2.29. The van der Waals surface area contributed by atoms with E-state index < -0.39 is 10.0 Å². The molecule has 0 bridgehead atoms. The summed E-state index contributed by atoms with van der Waals surface area (Å²) in [5.41, 5.74) is 2.59. The molecule has 0 saturated carbocycles. The van der Waals surface area contributed by atoms with Gasteiger partial charge in [-0.05, 0) is 68.0 Å². The molecule has 7 heteroatoms. The maximum Gasteiger partial charge on any atom is 0.262 e. The Hall–Kier alpha value is -2.85. The van der Waals surface area contributed by atoms with Gasteiger partial charge < -0.3 is 4.90 Å². The quantitative estimate of drug-likeness (QED) is 0.687. The third-order valence-electron chi connectivity index (χ3n) is 5.71. The number of nitrogens with zero attached hydrogens (tertiary/aromatic N) is 2. The summed E-state index contributed by atoms with van der Waals surface area (Å²) in [5.74, 6) is -0.219. The zero-order chi connectivity index (χ0) is 22.4. The van der Waals surface area contributed by atoms with Crippen molar-refractivity contribution >= 4 is 21.6 Å². The smallest absolute Gasteiger partial charge is 0.262 e. The van der Waals surface area contributed by atoms with Gasteiger partial charge in [0.1, 0.15) is 0 Å². The first-order chi connectivity index (χ1) is 14.8. The van der Waals surface area contributed by atoms with E-state index in [0.29, 0.717) is 42.7 Å². The van der Waals surface area contributed by atoms with Gasteiger partial charge in [-0.15, -0.1) is 0 Å². The normalized spacial score (nSPS) is 14.8. The van der Waals surface area contributed by atoms with E-state index in [1.165, 1.54) is 11.6 Å². The number of benzene rings is 2. The van der Waals surface area contributed by atoms with Crippen molar-refractivity contribution in [3.63, 3.8) is 0 Å². The molecule has 6 nitrogen and oxygen atoms in total. The SMILES string of the molecule is CCCCc1ccc(NS(=O)(=O)c2cc(C(=O)N3CCC(C#N)CC3)ccc2C)cc1. The Bertz CT molecular complexity index is 1060. The van der Waals surface area contributed by atoms with Crippen molar-refractivity contribution in [1.82, 2.24) is 4.90 Å². The molecular formula is C24H29N3O3S. The standard InChI is InChI=1S/C24H29N3O3S/c1-3-4-5-19-7-10-22(11-8-19)26-31(29,30)23-16-21(9-6-18(23)2)24(28)27-14-12-20(17-25)13-15-27/h6-11,16,20,26H,3-5,12-15H2,1-2H3. The Labute approximate surface area is 184 Å². The predicted molar refractivity (Wildman–Crippen MR) is 121 cm³/mol. The maximum atomic E-state index is 13.0. The van der Waals surface area contributed by atoms with E-state index in [1.54, 1.807) is 36.1 Å². The molecule has 3 rings (SSSR count). The Balaban J connectivity index is 1.77. The van der Waals surface area contributed by atoms with Gasteiger partial charge in [0, 0.05) is 30.3 Å². The zero-order valence-corrected chi connectivity index (χ0v) is 18.9. The summed E-state index contributed by atoms with van der Waals surface area (Å²) < 4.78 is 28.7. The predicted octanol–water partition coefficient (Wildman–Crippen LogP) is 4.51. The first-order valence-electron chi connectivity index (χ1n) is 10.8. The summed E-state index contributed by atoms with van der Waals surface area (Å²) in [5, 5.41) is 9.04. The second kappa shape index (κ2) is 9.97. The summed E-state index contributed by atoms with van der Waals surface area (Å²) in [4.78, 5) is 14.7. The summed E-state index contributed by atoms with van der Waals surface area (Å²) in [6, 6.07) is 14.4. The van der Waals surface area contributed by atoms with Crippen LogP contribution in [0.15, 0.2) is 47.4 Å². The van der Waals surface area contributed by atoms with Crippen molar-refractivity contribution in [3.05, 3.63) is 59.2 Å². The van der Waals surface area contributed by atoms with Gasteiger partial charge >= 0.3 is 0 Å². The molecule has 0 atom stereocenters. The molecule has 1 aliphatic rings. The van der Waals surface area contributed by atoms with Gasteiger partial charge in [0.05, 0.1) is 11.0 Å². The molecule has 1 fully saturated rings. The van der Waals surface area contributed by atoms with Crippen LogP contribution in [0.4, 0.5) is 5.69 Å². The van der Waals surface area contributed by atoms with E-state index in [9.17, 15) is 13.2 Å². The molecular weight excluding hydrogens is 410 g/mol. The van der Waals surface area contributed by atoms with E-state index in [1.807, 2.05) is 12.1 Å². The lowest BCUT2D eigenvalue weighted by atomic mass is 9.98. The fourth-order valence-corrected chi connectivity index (χ4v) is 5.08. The number of anilines is 1. The van der Waals surface area contributed by atoms with Gasteiger partial charge in [0.2, 0.25) is 0 Å². The number of hydrogen-bond acceptors (Lipinski definition) is 4. The monoisotopic (exact) mass is 439 g/mol. The van der Waals surface area contributed by atoms with E-state index in [4.69, 9.17) is 5.26 Å². The first-order valence-corrected chi connectivity index (χ1v) is 12.2. The average Bonchev–Trinajstić information content (AvgIpc) is 2.78. The van der Waals surface area contributed by atoms with Gasteiger partial charge in [0.25, 0.3) is 15.9 Å². The Kier molecular flexibility index (Phi) is 7.34. The van der Waals surface area contributed by atoms with Gasteiger partial charge in [0.15, 0.2) is 0 Å². The minimum absolute atomic E-state index is 0.0180. The molecule has 1 saturated heterocycles. The molecule has 0 spiro atoms. The summed E-state index contributed by atoms with van der Waals surface area (Å²) >= 11 is 0. The van der Waals surface area contributed by atoms with Gasteiger partial charge in [-0.1, -0.05) is 31.5 Å². The first kappa shape index (κ1) is 22.8. The molecule has 1 heterocycles. The Morgan fingerprint density at radius 3 is 2.45 bits per heavy atom. The topological polar surface area (TPSA) is 90.3 Å². The lowest BCUT2D eigenvalue weighted by molar-refractivity contribution is 0.0707. The minimum atomic E-state index is -3.84. The molecule has 2 aromatic rings. The number of hydrogen-bond donors (Lipinski definition) is 1. The van der Waals surface area contributed by atoms with Crippen LogP contribution >= 0.6 is 0 Å². The molecule has 2 aromatic carbocycles. The fraction of sp³-hybridized carbons (Fsp3) is 0.417. The second-order valence-electron chi connectivity index (χ2n) is 8.08. The van der Waals surface area contributed by atoms with Crippen LogP contribution < -0.4 is 4.72 Å². The number of carbonyl (C=O) groups excluding carboxylic acids is 1. The van der Waals surface area contributed by atoms with Crippen LogP contribution in [0.5, 0.6) is 0 Å². The highest BCUT2D eigenvalue weighted by Crippen LogP contribution is 2.24. The van der Waals surface area contributed by atoms with E-state index in [2.05, 4.69) is 17.7 Å². The highest BCUT2D eigenvalue weighted by Gasteiger charge is 2.25. The molecule has 0 aliphatic carbocycles. The van der Waals surface area contributed by atoms with Gasteiger partial charge in [-0.2, -0.15) is 5.26 Å². The van der Waals surface area contributed by atoms with Crippen LogP contribution in [-0.4, -0.2) is 32.3 Å². The molecule has 0 radical (unpaired) electrons. The molecule has 1 aliphatic heterocycles. The maximum absolute atomic E-state index is 13.0. The van der Waals surface area contributed by atoms with Crippen LogP contribution in [-0.2, 0) is 16.4 Å². The van der Waals surface area contributed by atoms with Crippen molar-refractivity contribution < 1.29 is 13.2 Å². The van der Waals surface area contributed by atoms with Crippen LogP contribution in [0.25, 0.3) is 0 Å². The van der Waals surface area contributed by atoms with Crippen molar-refractivity contribution in [2.24, 2.45) is 5.92 Å². The lowest BCUT2D eigenvalue weighted by Crippen LogP contribution is -2.38. The zero-order valence-electron chi connectivity index (χ0n) is 18.1. The number of piperidine rings is 1. The Morgan fingerprint density at radius 1 is 1.16 bits per heavy atom. The third-order valence-corrected chi connectivity index (χ3v) is 7.24. The van der Waals surface area contributed by atoms with Crippen molar-refractivity contribution in [1.29, 1.82) is 5.26 Å². The van der Waals surface area contributed by atoms with E-state index in [0.717, 1.165) is 19.3 Å².